The highest BCUT2D eigenvalue weighted by Crippen LogP contribution is 2.22. The van der Waals surface area contributed by atoms with Crippen LogP contribution >= 0.6 is 11.8 Å². The fourth-order valence-electron chi connectivity index (χ4n) is 1.89. The zero-order valence-electron chi connectivity index (χ0n) is 11.7. The highest BCUT2D eigenvalue weighted by molar-refractivity contribution is 7.98. The number of hydrogen-bond acceptors (Lipinski definition) is 5. The quantitative estimate of drug-likeness (QED) is 0.667. The summed E-state index contributed by atoms with van der Waals surface area (Å²) in [5, 5.41) is 4.98. The van der Waals surface area contributed by atoms with Crippen LogP contribution in [0.1, 0.15) is 18.4 Å². The second-order valence-corrected chi connectivity index (χ2v) is 5.51. The first-order valence-electron chi connectivity index (χ1n) is 6.81. The van der Waals surface area contributed by atoms with Gasteiger partial charge in [0, 0.05) is 11.8 Å². The fraction of sp³-hybridized carbons (Fsp3) is 0.188. The third-order valence-electron chi connectivity index (χ3n) is 3.07. The van der Waals surface area contributed by atoms with Crippen molar-refractivity contribution in [2.24, 2.45) is 0 Å². The first kappa shape index (κ1) is 13.8. The zero-order chi connectivity index (χ0) is 14.5. The summed E-state index contributed by atoms with van der Waals surface area (Å²) in [4.78, 5) is 8.68. The zero-order valence-corrected chi connectivity index (χ0v) is 12.5. The standard InChI is InChI=1S/C16H15N3OS/c1-2-12-6-8-13(9-7-12)16-18-14(20-19-16)11-21-15-5-3-4-10-17-15/h3-10H,2,11H2,1H3. The van der Waals surface area contributed by atoms with Gasteiger partial charge in [-0.05, 0) is 24.1 Å². The van der Waals surface area contributed by atoms with E-state index >= 15 is 0 Å². The van der Waals surface area contributed by atoms with Crippen molar-refractivity contribution >= 4 is 11.8 Å². The van der Waals surface area contributed by atoms with Gasteiger partial charge in [-0.15, -0.1) is 0 Å². The third kappa shape index (κ3) is 3.49. The van der Waals surface area contributed by atoms with E-state index in [0.717, 1.165) is 17.0 Å². The van der Waals surface area contributed by atoms with Crippen molar-refractivity contribution in [1.82, 2.24) is 15.1 Å². The van der Waals surface area contributed by atoms with E-state index < -0.39 is 0 Å². The molecule has 106 valence electrons. The average Bonchev–Trinajstić information content (AvgIpc) is 3.03. The Morgan fingerprint density at radius 2 is 1.95 bits per heavy atom. The normalized spacial score (nSPS) is 10.7. The van der Waals surface area contributed by atoms with E-state index in [4.69, 9.17) is 4.52 Å². The van der Waals surface area contributed by atoms with E-state index in [1.807, 2.05) is 30.3 Å². The Bertz CT molecular complexity index is 695. The second-order valence-electron chi connectivity index (χ2n) is 4.52. The molecule has 0 fully saturated rings. The van der Waals surface area contributed by atoms with Gasteiger partial charge in [-0.3, -0.25) is 0 Å². The van der Waals surface area contributed by atoms with E-state index in [9.17, 15) is 0 Å². The van der Waals surface area contributed by atoms with Gasteiger partial charge >= 0.3 is 0 Å². The van der Waals surface area contributed by atoms with Crippen molar-refractivity contribution in [3.8, 4) is 11.4 Å². The fourth-order valence-corrected chi connectivity index (χ4v) is 2.59. The van der Waals surface area contributed by atoms with Crippen molar-refractivity contribution in [2.75, 3.05) is 0 Å². The van der Waals surface area contributed by atoms with E-state index in [0.29, 0.717) is 17.5 Å². The summed E-state index contributed by atoms with van der Waals surface area (Å²) in [6, 6.07) is 14.1. The summed E-state index contributed by atoms with van der Waals surface area (Å²) in [6.07, 6.45) is 2.80. The monoisotopic (exact) mass is 297 g/mol. The predicted octanol–water partition coefficient (Wildman–Crippen LogP) is 3.99. The molecule has 21 heavy (non-hydrogen) atoms. The Morgan fingerprint density at radius 3 is 2.67 bits per heavy atom. The molecule has 3 rings (SSSR count). The van der Waals surface area contributed by atoms with Crippen LogP contribution in [0, 0.1) is 0 Å². The van der Waals surface area contributed by atoms with Gasteiger partial charge in [-0.1, -0.05) is 54.2 Å². The van der Waals surface area contributed by atoms with Crippen molar-refractivity contribution in [3.63, 3.8) is 0 Å². The molecule has 0 saturated carbocycles. The van der Waals surface area contributed by atoms with E-state index in [-0.39, 0.29) is 0 Å². The van der Waals surface area contributed by atoms with Gasteiger partial charge in [0.15, 0.2) is 0 Å². The molecule has 0 atom stereocenters. The summed E-state index contributed by atoms with van der Waals surface area (Å²) in [6.45, 7) is 2.14. The van der Waals surface area contributed by atoms with Gasteiger partial charge in [0.2, 0.25) is 11.7 Å². The minimum atomic E-state index is 0.611. The van der Waals surface area contributed by atoms with E-state index in [2.05, 4.69) is 34.2 Å². The molecule has 0 aliphatic heterocycles. The van der Waals surface area contributed by atoms with Crippen molar-refractivity contribution in [1.29, 1.82) is 0 Å². The number of pyridine rings is 1. The minimum absolute atomic E-state index is 0.611. The Labute approximate surface area is 127 Å². The van der Waals surface area contributed by atoms with Gasteiger partial charge in [0.1, 0.15) is 0 Å². The molecule has 0 bridgehead atoms. The lowest BCUT2D eigenvalue weighted by Gasteiger charge is -1.97. The van der Waals surface area contributed by atoms with E-state index in [1.165, 1.54) is 5.56 Å². The number of aromatic nitrogens is 3. The van der Waals surface area contributed by atoms with Crippen molar-refractivity contribution in [3.05, 3.63) is 60.1 Å². The van der Waals surface area contributed by atoms with Crippen LogP contribution in [0.5, 0.6) is 0 Å². The van der Waals surface area contributed by atoms with Gasteiger partial charge in [0.25, 0.3) is 0 Å². The molecule has 0 aliphatic rings. The van der Waals surface area contributed by atoms with Crippen LogP contribution < -0.4 is 0 Å². The molecule has 3 aromatic rings. The molecule has 5 heteroatoms. The molecule has 4 nitrogen and oxygen atoms in total. The van der Waals surface area contributed by atoms with Crippen LogP contribution in [-0.4, -0.2) is 15.1 Å². The molecule has 0 saturated heterocycles. The van der Waals surface area contributed by atoms with Gasteiger partial charge in [0.05, 0.1) is 10.8 Å². The first-order chi connectivity index (χ1) is 10.3. The van der Waals surface area contributed by atoms with Crippen molar-refractivity contribution < 1.29 is 4.52 Å². The summed E-state index contributed by atoms with van der Waals surface area (Å²) < 4.78 is 5.29. The van der Waals surface area contributed by atoms with Crippen LogP contribution in [0.3, 0.4) is 0 Å². The van der Waals surface area contributed by atoms with Gasteiger partial charge < -0.3 is 4.52 Å². The first-order valence-corrected chi connectivity index (χ1v) is 7.79. The molecule has 2 aromatic heterocycles. The van der Waals surface area contributed by atoms with Gasteiger partial charge in [-0.2, -0.15) is 4.98 Å². The summed E-state index contributed by atoms with van der Waals surface area (Å²) >= 11 is 1.58. The minimum Gasteiger partial charge on any atom is -0.338 e. The van der Waals surface area contributed by atoms with Crippen LogP contribution in [0.4, 0.5) is 0 Å². The number of benzene rings is 1. The Hall–Kier alpha value is -2.14. The Kier molecular flexibility index (Phi) is 4.31. The summed E-state index contributed by atoms with van der Waals surface area (Å²) in [5.74, 6) is 1.87. The highest BCUT2D eigenvalue weighted by Gasteiger charge is 2.09. The van der Waals surface area contributed by atoms with Crippen LogP contribution in [-0.2, 0) is 12.2 Å². The number of nitrogens with zero attached hydrogens (tertiary/aromatic N) is 3. The maximum absolute atomic E-state index is 5.29. The summed E-state index contributed by atoms with van der Waals surface area (Å²) in [7, 11) is 0. The van der Waals surface area contributed by atoms with Crippen LogP contribution in [0.2, 0.25) is 0 Å². The summed E-state index contributed by atoms with van der Waals surface area (Å²) in [5.41, 5.74) is 2.28. The average molecular weight is 297 g/mol. The maximum atomic E-state index is 5.29. The molecule has 0 aliphatic carbocycles. The maximum Gasteiger partial charge on any atom is 0.237 e. The number of hydrogen-bond donors (Lipinski definition) is 0. The molecule has 0 N–H and O–H groups in total. The van der Waals surface area contributed by atoms with Crippen LogP contribution in [0.25, 0.3) is 11.4 Å². The Morgan fingerprint density at radius 1 is 1.10 bits per heavy atom. The third-order valence-corrected chi connectivity index (χ3v) is 4.00. The molecule has 0 spiro atoms. The number of thioether (sulfide) groups is 1. The molecule has 1 aromatic carbocycles. The smallest absolute Gasteiger partial charge is 0.237 e. The lowest BCUT2D eigenvalue weighted by Crippen LogP contribution is -1.85. The van der Waals surface area contributed by atoms with E-state index in [1.54, 1.807) is 18.0 Å². The molecular weight excluding hydrogens is 282 g/mol. The molecule has 0 amide bonds. The Balaban J connectivity index is 1.68. The number of rotatable bonds is 5. The molecular formula is C16H15N3OS. The lowest BCUT2D eigenvalue weighted by molar-refractivity contribution is 0.391. The largest absolute Gasteiger partial charge is 0.338 e. The SMILES string of the molecule is CCc1ccc(-c2noc(CSc3ccccn3)n2)cc1. The topological polar surface area (TPSA) is 51.8 Å². The molecule has 2 heterocycles. The van der Waals surface area contributed by atoms with Crippen LogP contribution in [0.15, 0.2) is 58.2 Å². The molecule has 0 radical (unpaired) electrons. The predicted molar refractivity (Wildman–Crippen MR) is 82.9 cm³/mol. The highest BCUT2D eigenvalue weighted by atomic mass is 32.2. The molecule has 0 unspecified atom stereocenters. The second kappa shape index (κ2) is 6.54. The lowest BCUT2D eigenvalue weighted by atomic mass is 10.1. The number of aryl methyl sites for hydroxylation is 1. The van der Waals surface area contributed by atoms with Crippen molar-refractivity contribution in [2.45, 2.75) is 24.1 Å². The van der Waals surface area contributed by atoms with Gasteiger partial charge in [-0.25, -0.2) is 4.98 Å².